The third-order valence-corrected chi connectivity index (χ3v) is 4.48. The van der Waals surface area contributed by atoms with E-state index < -0.39 is 0 Å². The molecular weight excluding hydrogens is 322 g/mol. The Labute approximate surface area is 126 Å². The minimum Gasteiger partial charge on any atom is -0.375 e. The molecule has 1 aromatic carbocycles. The molecule has 0 aliphatic carbocycles. The van der Waals surface area contributed by atoms with E-state index in [-0.39, 0.29) is 0 Å². The van der Waals surface area contributed by atoms with E-state index in [1.165, 1.54) is 10.4 Å². The van der Waals surface area contributed by atoms with Crippen LogP contribution in [0.3, 0.4) is 0 Å². The molecule has 2 nitrogen and oxygen atoms in total. The third kappa shape index (κ3) is 5.45. The molecule has 0 spiro atoms. The molecule has 2 rings (SSSR count). The first-order chi connectivity index (χ1) is 9.36. The molecule has 1 heterocycles. The van der Waals surface area contributed by atoms with E-state index in [0.717, 1.165) is 30.6 Å². The fourth-order valence-corrected chi connectivity index (χ4v) is 2.84. The zero-order valence-electron chi connectivity index (χ0n) is 10.8. The first kappa shape index (κ1) is 14.7. The number of rotatable bonds is 8. The predicted molar refractivity (Wildman–Crippen MR) is 84.7 cm³/mol. The van der Waals surface area contributed by atoms with Crippen LogP contribution in [0.15, 0.2) is 46.3 Å². The van der Waals surface area contributed by atoms with E-state index in [9.17, 15) is 0 Å². The summed E-state index contributed by atoms with van der Waals surface area (Å²) in [5.41, 5.74) is 1.20. The first-order valence-corrected chi connectivity index (χ1v) is 8.08. The van der Waals surface area contributed by atoms with E-state index in [1.54, 1.807) is 0 Å². The SMILES string of the molecule is Brc1ccccc1COCCNCCc1cccs1. The molecule has 0 unspecified atom stereocenters. The van der Waals surface area contributed by atoms with Crippen LogP contribution >= 0.6 is 27.3 Å². The zero-order valence-corrected chi connectivity index (χ0v) is 13.2. The molecule has 4 heteroatoms. The van der Waals surface area contributed by atoms with Crippen molar-refractivity contribution in [3.05, 3.63) is 56.7 Å². The van der Waals surface area contributed by atoms with Gasteiger partial charge in [0.05, 0.1) is 13.2 Å². The van der Waals surface area contributed by atoms with Gasteiger partial charge in [-0.2, -0.15) is 0 Å². The third-order valence-electron chi connectivity index (χ3n) is 2.77. The Kier molecular flexibility index (Phi) is 6.57. The fourth-order valence-electron chi connectivity index (χ4n) is 1.73. The van der Waals surface area contributed by atoms with Crippen LogP contribution in [0.4, 0.5) is 0 Å². The van der Waals surface area contributed by atoms with Crippen LogP contribution in [-0.4, -0.2) is 19.7 Å². The lowest BCUT2D eigenvalue weighted by molar-refractivity contribution is 0.122. The summed E-state index contributed by atoms with van der Waals surface area (Å²) in [5, 5.41) is 5.52. The van der Waals surface area contributed by atoms with Crippen LogP contribution in [0.2, 0.25) is 0 Å². The number of thiophene rings is 1. The van der Waals surface area contributed by atoms with Crippen molar-refractivity contribution in [2.24, 2.45) is 0 Å². The van der Waals surface area contributed by atoms with Gasteiger partial charge in [-0.15, -0.1) is 11.3 Å². The van der Waals surface area contributed by atoms with E-state index in [2.05, 4.69) is 44.8 Å². The van der Waals surface area contributed by atoms with Gasteiger partial charge in [-0.25, -0.2) is 0 Å². The van der Waals surface area contributed by atoms with Gasteiger partial charge in [-0.05, 0) is 29.5 Å². The summed E-state index contributed by atoms with van der Waals surface area (Å²) in [5.74, 6) is 0. The second-order valence-electron chi connectivity index (χ2n) is 4.22. The molecule has 0 amide bonds. The molecule has 2 aromatic rings. The average molecular weight is 340 g/mol. The molecule has 0 saturated carbocycles. The normalized spacial score (nSPS) is 10.8. The van der Waals surface area contributed by atoms with E-state index in [4.69, 9.17) is 4.74 Å². The number of ether oxygens (including phenoxy) is 1. The van der Waals surface area contributed by atoms with Crippen molar-refractivity contribution in [2.75, 3.05) is 19.7 Å². The van der Waals surface area contributed by atoms with Gasteiger partial charge in [-0.1, -0.05) is 40.2 Å². The Balaban J connectivity index is 1.52. The van der Waals surface area contributed by atoms with E-state index in [0.29, 0.717) is 6.61 Å². The van der Waals surface area contributed by atoms with E-state index >= 15 is 0 Å². The van der Waals surface area contributed by atoms with Gasteiger partial charge in [-0.3, -0.25) is 0 Å². The zero-order chi connectivity index (χ0) is 13.3. The molecule has 0 saturated heterocycles. The summed E-state index contributed by atoms with van der Waals surface area (Å²) in [4.78, 5) is 1.43. The Morgan fingerprint density at radius 3 is 2.79 bits per heavy atom. The van der Waals surface area contributed by atoms with Crippen molar-refractivity contribution < 1.29 is 4.74 Å². The Bertz CT molecular complexity index is 473. The highest BCUT2D eigenvalue weighted by molar-refractivity contribution is 9.10. The summed E-state index contributed by atoms with van der Waals surface area (Å²) in [7, 11) is 0. The van der Waals surface area contributed by atoms with Gasteiger partial charge in [0.1, 0.15) is 0 Å². The van der Waals surface area contributed by atoms with Crippen molar-refractivity contribution in [2.45, 2.75) is 13.0 Å². The van der Waals surface area contributed by atoms with Crippen LogP contribution in [0.1, 0.15) is 10.4 Å². The largest absolute Gasteiger partial charge is 0.375 e. The average Bonchev–Trinajstić information content (AvgIpc) is 2.93. The molecule has 1 N–H and O–H groups in total. The number of hydrogen-bond donors (Lipinski definition) is 1. The molecule has 0 atom stereocenters. The number of benzene rings is 1. The molecule has 19 heavy (non-hydrogen) atoms. The molecule has 0 aliphatic rings. The monoisotopic (exact) mass is 339 g/mol. The van der Waals surface area contributed by atoms with Crippen LogP contribution in [0.5, 0.6) is 0 Å². The van der Waals surface area contributed by atoms with E-state index in [1.807, 2.05) is 29.5 Å². The predicted octanol–water partition coefficient (Wildman–Crippen LogP) is 3.86. The maximum absolute atomic E-state index is 5.65. The molecule has 102 valence electrons. The maximum atomic E-state index is 5.65. The van der Waals surface area contributed by atoms with Crippen molar-refractivity contribution in [3.63, 3.8) is 0 Å². The number of nitrogens with one attached hydrogen (secondary N) is 1. The second-order valence-corrected chi connectivity index (χ2v) is 6.11. The number of halogens is 1. The molecular formula is C15H18BrNOS. The van der Waals surface area contributed by atoms with Gasteiger partial charge in [0, 0.05) is 22.4 Å². The highest BCUT2D eigenvalue weighted by atomic mass is 79.9. The number of hydrogen-bond acceptors (Lipinski definition) is 3. The van der Waals surface area contributed by atoms with Crippen LogP contribution in [0, 0.1) is 0 Å². The maximum Gasteiger partial charge on any atom is 0.0728 e. The smallest absolute Gasteiger partial charge is 0.0728 e. The summed E-state index contributed by atoms with van der Waals surface area (Å²) >= 11 is 5.33. The molecule has 0 radical (unpaired) electrons. The van der Waals surface area contributed by atoms with Gasteiger partial charge >= 0.3 is 0 Å². The molecule has 1 aromatic heterocycles. The topological polar surface area (TPSA) is 21.3 Å². The van der Waals surface area contributed by atoms with Crippen LogP contribution in [0.25, 0.3) is 0 Å². The van der Waals surface area contributed by atoms with Gasteiger partial charge in [0.2, 0.25) is 0 Å². The summed E-state index contributed by atoms with van der Waals surface area (Å²) in [6.45, 7) is 3.31. The second kappa shape index (κ2) is 8.48. The molecule has 0 bridgehead atoms. The lowest BCUT2D eigenvalue weighted by atomic mass is 10.2. The van der Waals surface area contributed by atoms with Crippen molar-refractivity contribution in [3.8, 4) is 0 Å². The highest BCUT2D eigenvalue weighted by Crippen LogP contribution is 2.16. The van der Waals surface area contributed by atoms with Crippen molar-refractivity contribution >= 4 is 27.3 Å². The first-order valence-electron chi connectivity index (χ1n) is 6.40. The standard InChI is InChI=1S/C15H18BrNOS/c16-15-6-2-1-4-13(15)12-18-10-9-17-8-7-14-5-3-11-19-14/h1-6,11,17H,7-10,12H2. The lowest BCUT2D eigenvalue weighted by Gasteiger charge is -2.07. The summed E-state index contributed by atoms with van der Waals surface area (Å²) < 4.78 is 6.76. The van der Waals surface area contributed by atoms with Crippen LogP contribution < -0.4 is 5.32 Å². The van der Waals surface area contributed by atoms with Crippen molar-refractivity contribution in [1.29, 1.82) is 0 Å². The quantitative estimate of drug-likeness (QED) is 0.737. The van der Waals surface area contributed by atoms with Gasteiger partial charge < -0.3 is 10.1 Å². The van der Waals surface area contributed by atoms with Crippen molar-refractivity contribution in [1.82, 2.24) is 5.32 Å². The van der Waals surface area contributed by atoms with Crippen LogP contribution in [-0.2, 0) is 17.8 Å². The minimum absolute atomic E-state index is 0.661. The Morgan fingerprint density at radius 2 is 2.00 bits per heavy atom. The Morgan fingerprint density at radius 1 is 1.11 bits per heavy atom. The Hall–Kier alpha value is -0.680. The van der Waals surface area contributed by atoms with Gasteiger partial charge in [0.15, 0.2) is 0 Å². The van der Waals surface area contributed by atoms with Gasteiger partial charge in [0.25, 0.3) is 0 Å². The summed E-state index contributed by atoms with van der Waals surface area (Å²) in [6.07, 6.45) is 1.10. The summed E-state index contributed by atoms with van der Waals surface area (Å²) in [6, 6.07) is 12.4. The molecule has 0 fully saturated rings. The minimum atomic E-state index is 0.661. The molecule has 0 aliphatic heterocycles. The fraction of sp³-hybridized carbons (Fsp3) is 0.333. The highest BCUT2D eigenvalue weighted by Gasteiger charge is 1.98. The lowest BCUT2D eigenvalue weighted by Crippen LogP contribution is -2.22.